The molecule has 7 nitrogen and oxygen atoms in total. The molecule has 0 radical (unpaired) electrons. The Bertz CT molecular complexity index is 1010. The van der Waals surface area contributed by atoms with Gasteiger partial charge in [-0.2, -0.15) is 4.98 Å². The van der Waals surface area contributed by atoms with Crippen LogP contribution in [0.3, 0.4) is 0 Å². The molecule has 26 heavy (non-hydrogen) atoms. The number of rotatable bonds is 3. The summed E-state index contributed by atoms with van der Waals surface area (Å²) in [7, 11) is 0. The van der Waals surface area contributed by atoms with Gasteiger partial charge in [0.1, 0.15) is 11.8 Å². The highest BCUT2D eigenvalue weighted by molar-refractivity contribution is 5.95. The lowest BCUT2D eigenvalue weighted by Crippen LogP contribution is -2.31. The number of benzene rings is 2. The maximum Gasteiger partial charge on any atom is 0.248 e. The first-order valence-electron chi connectivity index (χ1n) is 8.13. The van der Waals surface area contributed by atoms with Crippen molar-refractivity contribution in [2.24, 2.45) is 5.73 Å². The van der Waals surface area contributed by atoms with Gasteiger partial charge in [-0.25, -0.2) is 4.68 Å². The molecule has 2 heterocycles. The summed E-state index contributed by atoms with van der Waals surface area (Å²) in [5.41, 5.74) is 8.34. The molecule has 0 spiro atoms. The molecule has 130 valence electrons. The molecule has 0 saturated carbocycles. The summed E-state index contributed by atoms with van der Waals surface area (Å²) in [4.78, 5) is 16.7. The van der Waals surface area contributed by atoms with Crippen molar-refractivity contribution in [3.63, 3.8) is 0 Å². The van der Waals surface area contributed by atoms with Crippen LogP contribution in [0.5, 0.6) is 5.75 Å². The van der Waals surface area contributed by atoms with Gasteiger partial charge in [0.2, 0.25) is 11.9 Å². The summed E-state index contributed by atoms with van der Waals surface area (Å²) in [5, 5.41) is 17.3. The minimum atomic E-state index is -0.532. The molecule has 0 aliphatic carbocycles. The van der Waals surface area contributed by atoms with E-state index in [2.05, 4.69) is 15.4 Å². The third-order valence-corrected chi connectivity index (χ3v) is 4.36. The molecule has 1 aliphatic rings. The van der Waals surface area contributed by atoms with E-state index in [9.17, 15) is 9.90 Å². The van der Waals surface area contributed by atoms with Gasteiger partial charge in [-0.3, -0.25) is 4.79 Å². The van der Waals surface area contributed by atoms with Gasteiger partial charge in [0.05, 0.1) is 5.57 Å². The molecule has 1 aliphatic heterocycles. The zero-order valence-electron chi connectivity index (χ0n) is 14.0. The summed E-state index contributed by atoms with van der Waals surface area (Å²) in [5.74, 6) is 0.697. The average Bonchev–Trinajstić information content (AvgIpc) is 3.05. The van der Waals surface area contributed by atoms with Crippen molar-refractivity contribution in [2.75, 3.05) is 5.32 Å². The molecule has 4 rings (SSSR count). The van der Waals surface area contributed by atoms with E-state index < -0.39 is 11.9 Å². The maximum absolute atomic E-state index is 12.1. The molecule has 1 atom stereocenters. The standard InChI is InChI=1S/C19H17N5O2/c1-11-15(17(20)26)16(12-7-9-14(25)10-8-12)24-19(21-11)22-18(23-24)13-5-3-2-4-6-13/h2-10,16,25H,1H3,(H2,20,26)(H,21,22,23). The quantitative estimate of drug-likeness (QED) is 0.675. The predicted octanol–water partition coefficient (Wildman–Crippen LogP) is 2.42. The lowest BCUT2D eigenvalue weighted by molar-refractivity contribution is -0.115. The van der Waals surface area contributed by atoms with Crippen LogP contribution in [-0.4, -0.2) is 25.8 Å². The topological polar surface area (TPSA) is 106 Å². The number of allylic oxidation sites excluding steroid dienone is 1. The number of primary amides is 1. The Balaban J connectivity index is 1.88. The van der Waals surface area contributed by atoms with Crippen molar-refractivity contribution >= 4 is 11.9 Å². The predicted molar refractivity (Wildman–Crippen MR) is 97.2 cm³/mol. The molecule has 0 fully saturated rings. The van der Waals surface area contributed by atoms with Crippen LogP contribution in [0.4, 0.5) is 5.95 Å². The number of hydrogen-bond acceptors (Lipinski definition) is 5. The van der Waals surface area contributed by atoms with Crippen molar-refractivity contribution in [3.8, 4) is 17.1 Å². The van der Waals surface area contributed by atoms with E-state index >= 15 is 0 Å². The first-order valence-corrected chi connectivity index (χ1v) is 8.13. The lowest BCUT2D eigenvalue weighted by atomic mass is 9.95. The Morgan fingerprint density at radius 3 is 2.50 bits per heavy atom. The number of anilines is 1. The fraction of sp³-hybridized carbons (Fsp3) is 0.105. The number of phenols is 1. The smallest absolute Gasteiger partial charge is 0.248 e. The number of amides is 1. The largest absolute Gasteiger partial charge is 0.508 e. The van der Waals surface area contributed by atoms with Gasteiger partial charge in [0.25, 0.3) is 0 Å². The van der Waals surface area contributed by atoms with Crippen molar-refractivity contribution in [1.82, 2.24) is 14.8 Å². The van der Waals surface area contributed by atoms with Gasteiger partial charge in [-0.05, 0) is 24.6 Å². The molecule has 3 aromatic rings. The number of nitrogens with zero attached hydrogens (tertiary/aromatic N) is 3. The summed E-state index contributed by atoms with van der Waals surface area (Å²) in [6.07, 6.45) is 0. The molecule has 7 heteroatoms. The first-order chi connectivity index (χ1) is 12.5. The normalized spacial score (nSPS) is 16.1. The highest BCUT2D eigenvalue weighted by atomic mass is 16.3. The van der Waals surface area contributed by atoms with Crippen LogP contribution in [0.15, 0.2) is 65.9 Å². The van der Waals surface area contributed by atoms with Crippen molar-refractivity contribution in [3.05, 3.63) is 71.4 Å². The minimum absolute atomic E-state index is 0.146. The molecule has 1 aromatic heterocycles. The van der Waals surface area contributed by atoms with E-state index in [4.69, 9.17) is 5.73 Å². The van der Waals surface area contributed by atoms with Crippen LogP contribution in [-0.2, 0) is 4.79 Å². The summed E-state index contributed by atoms with van der Waals surface area (Å²) in [6, 6.07) is 15.7. The minimum Gasteiger partial charge on any atom is -0.508 e. The average molecular weight is 347 g/mol. The van der Waals surface area contributed by atoms with Crippen LogP contribution in [0.1, 0.15) is 18.5 Å². The Kier molecular flexibility index (Phi) is 3.69. The second kappa shape index (κ2) is 6.03. The summed E-state index contributed by atoms with van der Waals surface area (Å²) >= 11 is 0. The molecule has 4 N–H and O–H groups in total. The lowest BCUT2D eigenvalue weighted by Gasteiger charge is -2.27. The van der Waals surface area contributed by atoms with E-state index in [0.717, 1.165) is 11.1 Å². The number of phenolic OH excluding ortho intramolecular Hbond substituents is 1. The van der Waals surface area contributed by atoms with Gasteiger partial charge in [0, 0.05) is 11.3 Å². The van der Waals surface area contributed by atoms with E-state index in [1.54, 1.807) is 35.9 Å². The Labute approximate surface area is 149 Å². The van der Waals surface area contributed by atoms with E-state index in [0.29, 0.717) is 23.0 Å². The number of aromatic hydroxyl groups is 1. The van der Waals surface area contributed by atoms with Gasteiger partial charge < -0.3 is 16.2 Å². The highest BCUT2D eigenvalue weighted by Gasteiger charge is 2.33. The number of hydrogen-bond donors (Lipinski definition) is 3. The van der Waals surface area contributed by atoms with Crippen molar-refractivity contribution in [1.29, 1.82) is 0 Å². The molecular formula is C19H17N5O2. The molecule has 0 bridgehead atoms. The Hall–Kier alpha value is -3.61. The second-order valence-electron chi connectivity index (χ2n) is 6.09. The molecular weight excluding hydrogens is 330 g/mol. The third kappa shape index (κ3) is 2.59. The van der Waals surface area contributed by atoms with Crippen LogP contribution in [0.25, 0.3) is 11.4 Å². The number of nitrogens with one attached hydrogen (secondary N) is 1. The molecule has 1 amide bonds. The Morgan fingerprint density at radius 1 is 1.15 bits per heavy atom. The number of carbonyl (C=O) groups is 1. The van der Waals surface area contributed by atoms with E-state index in [1.807, 2.05) is 30.3 Å². The van der Waals surface area contributed by atoms with Gasteiger partial charge in [-0.1, -0.05) is 42.5 Å². The monoisotopic (exact) mass is 347 g/mol. The Morgan fingerprint density at radius 2 is 1.85 bits per heavy atom. The summed E-state index contributed by atoms with van der Waals surface area (Å²) < 4.78 is 1.65. The fourth-order valence-electron chi connectivity index (χ4n) is 3.14. The highest BCUT2D eigenvalue weighted by Crippen LogP contribution is 2.36. The van der Waals surface area contributed by atoms with E-state index in [-0.39, 0.29) is 5.75 Å². The van der Waals surface area contributed by atoms with Crippen LogP contribution in [0, 0.1) is 0 Å². The van der Waals surface area contributed by atoms with Crippen LogP contribution in [0.2, 0.25) is 0 Å². The molecule has 0 saturated heterocycles. The molecule has 1 unspecified atom stereocenters. The number of fused-ring (bicyclic) bond motifs is 1. The fourth-order valence-corrected chi connectivity index (χ4v) is 3.14. The van der Waals surface area contributed by atoms with E-state index in [1.165, 1.54) is 0 Å². The van der Waals surface area contributed by atoms with Crippen LogP contribution >= 0.6 is 0 Å². The zero-order valence-corrected chi connectivity index (χ0v) is 14.0. The first kappa shape index (κ1) is 15.9. The third-order valence-electron chi connectivity index (χ3n) is 4.36. The molecule has 2 aromatic carbocycles. The summed E-state index contributed by atoms with van der Waals surface area (Å²) in [6.45, 7) is 1.79. The van der Waals surface area contributed by atoms with Crippen molar-refractivity contribution < 1.29 is 9.90 Å². The van der Waals surface area contributed by atoms with Gasteiger partial charge in [0.15, 0.2) is 5.82 Å². The number of carbonyl (C=O) groups excluding carboxylic acids is 1. The SMILES string of the molecule is CC1=C(C(N)=O)C(c2ccc(O)cc2)n2nc(-c3ccccc3)nc2N1. The second-order valence-corrected chi connectivity index (χ2v) is 6.09. The maximum atomic E-state index is 12.1. The van der Waals surface area contributed by atoms with Crippen LogP contribution < -0.4 is 11.1 Å². The van der Waals surface area contributed by atoms with Gasteiger partial charge in [-0.15, -0.1) is 5.10 Å². The number of aromatic nitrogens is 3. The zero-order chi connectivity index (χ0) is 18.3. The van der Waals surface area contributed by atoms with Crippen molar-refractivity contribution in [2.45, 2.75) is 13.0 Å². The van der Waals surface area contributed by atoms with Gasteiger partial charge >= 0.3 is 0 Å². The number of nitrogens with two attached hydrogens (primary N) is 1.